The highest BCUT2D eigenvalue weighted by Crippen LogP contribution is 2.37. The number of carbonyl (C=O) groups is 3. The van der Waals surface area contributed by atoms with Crippen LogP contribution in [0.1, 0.15) is 58.8 Å². The molecule has 9 heteroatoms. The standard InChI is InChI=1S/C22H24FN5O3/c23-14-9-16(13-4-7-27(8-5-13)11-15-3-6-24-26-15)18-12-28(22(31)17(18)10-14)19-1-2-20(29)25-21(19)30/h3,6,9-10,13,19H,1-2,4-5,7-8,11-12H2,(H,24,26)(H,25,29,30). The number of benzene rings is 1. The van der Waals surface area contributed by atoms with Gasteiger partial charge >= 0.3 is 0 Å². The minimum absolute atomic E-state index is 0.164. The first-order valence-corrected chi connectivity index (χ1v) is 10.7. The molecule has 3 amide bonds. The number of imide groups is 1. The molecular formula is C22H24FN5O3. The Hall–Kier alpha value is -3.07. The minimum Gasteiger partial charge on any atom is -0.322 e. The summed E-state index contributed by atoms with van der Waals surface area (Å²) in [5.74, 6) is -1.36. The molecule has 0 bridgehead atoms. The molecule has 1 unspecified atom stereocenters. The van der Waals surface area contributed by atoms with Gasteiger partial charge in [0, 0.05) is 37.0 Å². The lowest BCUT2D eigenvalue weighted by atomic mass is 9.85. The van der Waals surface area contributed by atoms with Crippen molar-refractivity contribution in [1.29, 1.82) is 0 Å². The molecule has 0 saturated carbocycles. The fraction of sp³-hybridized carbons (Fsp3) is 0.455. The fourth-order valence-electron chi connectivity index (χ4n) is 5.03. The number of fused-ring (bicyclic) bond motifs is 1. The van der Waals surface area contributed by atoms with E-state index in [9.17, 15) is 18.8 Å². The largest absolute Gasteiger partial charge is 0.322 e. The number of hydrogen-bond acceptors (Lipinski definition) is 5. The van der Waals surface area contributed by atoms with E-state index in [-0.39, 0.29) is 30.7 Å². The number of hydrogen-bond donors (Lipinski definition) is 2. The summed E-state index contributed by atoms with van der Waals surface area (Å²) < 4.78 is 14.5. The van der Waals surface area contributed by atoms with E-state index in [4.69, 9.17) is 0 Å². The number of carbonyl (C=O) groups excluding carboxylic acids is 3. The molecule has 5 rings (SSSR count). The molecule has 162 valence electrons. The second kappa shape index (κ2) is 7.88. The Kier molecular flexibility index (Phi) is 5.05. The summed E-state index contributed by atoms with van der Waals surface area (Å²) in [6.07, 6.45) is 3.98. The van der Waals surface area contributed by atoms with Gasteiger partial charge in [0.25, 0.3) is 5.91 Å². The van der Waals surface area contributed by atoms with Gasteiger partial charge in [0.2, 0.25) is 11.8 Å². The van der Waals surface area contributed by atoms with E-state index in [0.29, 0.717) is 12.0 Å². The summed E-state index contributed by atoms with van der Waals surface area (Å²) in [5, 5.41) is 9.27. The predicted octanol–water partition coefficient (Wildman–Crippen LogP) is 1.69. The van der Waals surface area contributed by atoms with Crippen LogP contribution in [0.2, 0.25) is 0 Å². The van der Waals surface area contributed by atoms with Crippen molar-refractivity contribution in [2.24, 2.45) is 0 Å². The molecule has 2 saturated heterocycles. The molecule has 3 aliphatic heterocycles. The maximum atomic E-state index is 14.5. The second-order valence-corrected chi connectivity index (χ2v) is 8.55. The van der Waals surface area contributed by atoms with Crippen molar-refractivity contribution in [3.63, 3.8) is 0 Å². The maximum absolute atomic E-state index is 14.5. The molecule has 1 aromatic carbocycles. The van der Waals surface area contributed by atoms with Gasteiger partial charge in [-0.3, -0.25) is 29.7 Å². The van der Waals surface area contributed by atoms with Crippen LogP contribution < -0.4 is 5.32 Å². The van der Waals surface area contributed by atoms with Gasteiger partial charge < -0.3 is 4.90 Å². The van der Waals surface area contributed by atoms with Crippen molar-refractivity contribution in [1.82, 2.24) is 25.3 Å². The molecule has 0 spiro atoms. The van der Waals surface area contributed by atoms with Crippen molar-refractivity contribution in [2.45, 2.75) is 50.7 Å². The van der Waals surface area contributed by atoms with Gasteiger partial charge in [0.15, 0.2) is 0 Å². The summed E-state index contributed by atoms with van der Waals surface area (Å²) in [6, 6.07) is 4.10. The first-order chi connectivity index (χ1) is 15.0. The Morgan fingerprint density at radius 2 is 1.94 bits per heavy atom. The number of halogens is 1. The Morgan fingerprint density at radius 3 is 2.65 bits per heavy atom. The van der Waals surface area contributed by atoms with Gasteiger partial charge in [0.1, 0.15) is 11.9 Å². The third-order valence-corrected chi connectivity index (χ3v) is 6.64. The van der Waals surface area contributed by atoms with Gasteiger partial charge in [-0.25, -0.2) is 4.39 Å². The number of likely N-dealkylation sites (tertiary alicyclic amines) is 1. The van der Waals surface area contributed by atoms with Crippen molar-refractivity contribution >= 4 is 17.7 Å². The first kappa shape index (κ1) is 19.9. The van der Waals surface area contributed by atoms with Crippen molar-refractivity contribution < 1.29 is 18.8 Å². The normalized spacial score (nSPS) is 22.7. The summed E-state index contributed by atoms with van der Waals surface area (Å²) >= 11 is 0. The third-order valence-electron chi connectivity index (χ3n) is 6.64. The van der Waals surface area contributed by atoms with Crippen LogP contribution in [0.5, 0.6) is 0 Å². The lowest BCUT2D eigenvalue weighted by molar-refractivity contribution is -0.136. The van der Waals surface area contributed by atoms with Crippen LogP contribution in [-0.4, -0.2) is 56.9 Å². The molecule has 8 nitrogen and oxygen atoms in total. The molecule has 4 heterocycles. The Morgan fingerprint density at radius 1 is 1.13 bits per heavy atom. The second-order valence-electron chi connectivity index (χ2n) is 8.55. The molecule has 0 radical (unpaired) electrons. The Balaban J connectivity index is 1.34. The van der Waals surface area contributed by atoms with E-state index in [0.717, 1.165) is 49.3 Å². The molecule has 2 fully saturated rings. The molecule has 31 heavy (non-hydrogen) atoms. The lowest BCUT2D eigenvalue weighted by Gasteiger charge is -2.33. The summed E-state index contributed by atoms with van der Waals surface area (Å²) in [4.78, 5) is 40.6. The molecule has 2 N–H and O–H groups in total. The summed E-state index contributed by atoms with van der Waals surface area (Å²) in [7, 11) is 0. The average molecular weight is 425 g/mol. The van der Waals surface area contributed by atoms with Crippen molar-refractivity contribution in [3.05, 3.63) is 52.6 Å². The molecule has 1 atom stereocenters. The van der Waals surface area contributed by atoms with E-state index in [1.807, 2.05) is 6.07 Å². The van der Waals surface area contributed by atoms with E-state index >= 15 is 0 Å². The fourth-order valence-corrected chi connectivity index (χ4v) is 5.03. The number of aromatic nitrogens is 2. The molecule has 3 aliphatic rings. The van der Waals surface area contributed by atoms with Crippen LogP contribution in [0.4, 0.5) is 4.39 Å². The molecule has 1 aromatic heterocycles. The number of nitrogens with zero attached hydrogens (tertiary/aromatic N) is 3. The molecule has 0 aliphatic carbocycles. The minimum atomic E-state index is -0.690. The SMILES string of the molecule is O=C1CCC(N2Cc3c(cc(F)cc3C3CCN(Cc4ccn[nH]4)CC3)C2=O)C(=O)N1. The van der Waals surface area contributed by atoms with Crippen molar-refractivity contribution in [3.8, 4) is 0 Å². The third kappa shape index (κ3) is 3.74. The zero-order chi connectivity index (χ0) is 21.5. The predicted molar refractivity (Wildman–Crippen MR) is 108 cm³/mol. The van der Waals surface area contributed by atoms with Gasteiger partial charge in [0.05, 0.1) is 0 Å². The van der Waals surface area contributed by atoms with Crippen LogP contribution in [-0.2, 0) is 22.7 Å². The number of aromatic amines is 1. The number of piperidine rings is 2. The number of nitrogens with one attached hydrogen (secondary N) is 2. The monoisotopic (exact) mass is 425 g/mol. The van der Waals surface area contributed by atoms with E-state index in [2.05, 4.69) is 20.4 Å². The highest BCUT2D eigenvalue weighted by molar-refractivity contribution is 6.05. The van der Waals surface area contributed by atoms with Gasteiger partial charge in [-0.05, 0) is 67.6 Å². The van der Waals surface area contributed by atoms with Crippen LogP contribution in [0.3, 0.4) is 0 Å². The van der Waals surface area contributed by atoms with Gasteiger partial charge in [-0.2, -0.15) is 5.10 Å². The lowest BCUT2D eigenvalue weighted by Crippen LogP contribution is -2.52. The quantitative estimate of drug-likeness (QED) is 0.727. The highest BCUT2D eigenvalue weighted by atomic mass is 19.1. The Labute approximate surface area is 178 Å². The molecule has 2 aromatic rings. The van der Waals surface area contributed by atoms with Gasteiger partial charge in [-0.15, -0.1) is 0 Å². The van der Waals surface area contributed by atoms with Crippen LogP contribution in [0.15, 0.2) is 24.4 Å². The topological polar surface area (TPSA) is 98.4 Å². The van der Waals surface area contributed by atoms with E-state index in [1.165, 1.54) is 11.0 Å². The summed E-state index contributed by atoms with van der Waals surface area (Å²) in [6.45, 7) is 2.83. The number of rotatable bonds is 4. The first-order valence-electron chi connectivity index (χ1n) is 10.7. The highest BCUT2D eigenvalue weighted by Gasteiger charge is 2.41. The van der Waals surface area contributed by atoms with Crippen molar-refractivity contribution in [2.75, 3.05) is 13.1 Å². The van der Waals surface area contributed by atoms with Gasteiger partial charge in [-0.1, -0.05) is 0 Å². The smallest absolute Gasteiger partial charge is 0.255 e. The zero-order valence-corrected chi connectivity index (χ0v) is 17.1. The van der Waals surface area contributed by atoms with E-state index in [1.54, 1.807) is 12.3 Å². The van der Waals surface area contributed by atoms with Crippen LogP contribution in [0.25, 0.3) is 0 Å². The summed E-state index contributed by atoms with van der Waals surface area (Å²) in [5.41, 5.74) is 3.11. The zero-order valence-electron chi connectivity index (χ0n) is 17.1. The number of H-pyrrole nitrogens is 1. The van der Waals surface area contributed by atoms with Crippen LogP contribution in [0, 0.1) is 5.82 Å². The average Bonchev–Trinajstić information content (AvgIpc) is 3.37. The maximum Gasteiger partial charge on any atom is 0.255 e. The number of amides is 3. The molecular weight excluding hydrogens is 401 g/mol. The Bertz CT molecular complexity index is 1030. The van der Waals surface area contributed by atoms with Crippen LogP contribution >= 0.6 is 0 Å². The van der Waals surface area contributed by atoms with E-state index < -0.39 is 17.8 Å².